The molecule has 0 fully saturated rings. The summed E-state index contributed by atoms with van der Waals surface area (Å²) in [6.45, 7) is 4.61. The smallest absolute Gasteiger partial charge is 0.457 e. The molecule has 0 aromatic carbocycles. The highest BCUT2D eigenvalue weighted by molar-refractivity contribution is 7.47. The van der Waals surface area contributed by atoms with Gasteiger partial charge in [0.05, 0.1) is 19.8 Å². The summed E-state index contributed by atoms with van der Waals surface area (Å²) in [6.07, 6.45) is 57.1. The minimum Gasteiger partial charge on any atom is -0.457 e. The van der Waals surface area contributed by atoms with E-state index in [9.17, 15) is 14.3 Å². The van der Waals surface area contributed by atoms with E-state index in [0.717, 1.165) is 96.3 Å². The topological polar surface area (TPSA) is 117 Å². The molecule has 0 bridgehead atoms. The summed E-state index contributed by atoms with van der Waals surface area (Å²) in [4.78, 5) is 22.5. The molecular weight excluding hydrogens is 721 g/mol. The molecule has 2 unspecified atom stereocenters. The first-order valence-corrected chi connectivity index (χ1v) is 23.2. The molecule has 9 heteroatoms. The summed E-state index contributed by atoms with van der Waals surface area (Å²) in [5.41, 5.74) is 5.37. The number of phosphoric ester groups is 1. The second-order valence-electron chi connectivity index (χ2n) is 13.8. The molecule has 3 N–H and O–H groups in total. The second-order valence-corrected chi connectivity index (χ2v) is 15.2. The van der Waals surface area contributed by atoms with Crippen molar-refractivity contribution in [3.63, 3.8) is 0 Å². The molecule has 0 amide bonds. The summed E-state index contributed by atoms with van der Waals surface area (Å²) in [5, 5.41) is 0. The van der Waals surface area contributed by atoms with Crippen LogP contribution in [-0.2, 0) is 27.9 Å². The maximum absolute atomic E-state index is 12.6. The fourth-order valence-electron chi connectivity index (χ4n) is 5.39. The molecule has 0 aromatic heterocycles. The van der Waals surface area contributed by atoms with E-state index in [-0.39, 0.29) is 38.8 Å². The van der Waals surface area contributed by atoms with Gasteiger partial charge >= 0.3 is 13.8 Å². The maximum atomic E-state index is 12.6. The highest BCUT2D eigenvalue weighted by atomic mass is 31.2. The summed E-state index contributed by atoms with van der Waals surface area (Å²) < 4.78 is 33.4. The van der Waals surface area contributed by atoms with E-state index in [0.29, 0.717) is 13.0 Å². The maximum Gasteiger partial charge on any atom is 0.472 e. The van der Waals surface area contributed by atoms with Crippen LogP contribution in [-0.4, -0.2) is 49.9 Å². The fourth-order valence-corrected chi connectivity index (χ4v) is 6.15. The minimum absolute atomic E-state index is 0.0875. The first-order chi connectivity index (χ1) is 27.4. The van der Waals surface area contributed by atoms with Gasteiger partial charge in [-0.15, -0.1) is 0 Å². The number of carbonyl (C=O) groups excluding carboxylic acids is 1. The van der Waals surface area contributed by atoms with Crippen LogP contribution in [0.15, 0.2) is 97.2 Å². The van der Waals surface area contributed by atoms with Crippen molar-refractivity contribution < 1.29 is 32.8 Å². The first-order valence-electron chi connectivity index (χ1n) is 21.7. The van der Waals surface area contributed by atoms with Crippen molar-refractivity contribution in [1.29, 1.82) is 0 Å². The molecule has 0 aliphatic carbocycles. The molecule has 2 atom stereocenters. The average Bonchev–Trinajstić information content (AvgIpc) is 3.19. The van der Waals surface area contributed by atoms with Crippen molar-refractivity contribution >= 4 is 13.8 Å². The lowest BCUT2D eigenvalue weighted by atomic mass is 10.1. The zero-order valence-electron chi connectivity index (χ0n) is 35.3. The Bertz CT molecular complexity index is 1170. The number of allylic oxidation sites excluding steroid dienone is 16. The zero-order chi connectivity index (χ0) is 40.9. The number of hydrogen-bond acceptors (Lipinski definition) is 7. The Morgan fingerprint density at radius 2 is 0.946 bits per heavy atom. The Morgan fingerprint density at radius 3 is 1.41 bits per heavy atom. The van der Waals surface area contributed by atoms with Crippen molar-refractivity contribution in [1.82, 2.24) is 0 Å². The van der Waals surface area contributed by atoms with Gasteiger partial charge < -0.3 is 20.1 Å². The highest BCUT2D eigenvalue weighted by Crippen LogP contribution is 2.43. The normalized spacial score (nSPS) is 14.4. The largest absolute Gasteiger partial charge is 0.472 e. The van der Waals surface area contributed by atoms with Gasteiger partial charge in [0.2, 0.25) is 0 Å². The van der Waals surface area contributed by atoms with Crippen molar-refractivity contribution in [2.75, 3.05) is 33.0 Å². The monoisotopic (exact) mass is 802 g/mol. The van der Waals surface area contributed by atoms with Crippen LogP contribution in [0.2, 0.25) is 0 Å². The Morgan fingerprint density at radius 1 is 0.536 bits per heavy atom. The van der Waals surface area contributed by atoms with E-state index in [1.54, 1.807) is 0 Å². The quantitative estimate of drug-likeness (QED) is 0.0272. The first kappa shape index (κ1) is 53.4. The van der Waals surface area contributed by atoms with Crippen molar-refractivity contribution in [3.8, 4) is 0 Å². The standard InChI is InChI=1S/C47H80NO7P/c1-3-5-7-9-11-13-15-17-19-21-23-24-26-28-30-32-34-36-38-40-47(49)55-46(45-54-56(50,51)53-43-41-48)44-52-42-39-37-35-33-31-29-27-25-22-20-18-16-14-12-10-8-6-4-2/h5-8,11-14,17-20,23-24,28,30,46H,3-4,9-10,15-16,21-22,25-27,29,31-45,48H2,1-2H3,(H,50,51)/b7-5-,8-6-,13-11-,14-12-,19-17-,20-18-,24-23-,30-28-. The number of phosphoric acid groups is 1. The molecule has 320 valence electrons. The number of ether oxygens (including phenoxy) is 2. The lowest BCUT2D eigenvalue weighted by molar-refractivity contribution is -0.154. The van der Waals surface area contributed by atoms with Crippen LogP contribution in [0.25, 0.3) is 0 Å². The van der Waals surface area contributed by atoms with Crippen LogP contribution in [0.3, 0.4) is 0 Å². The van der Waals surface area contributed by atoms with E-state index in [4.69, 9.17) is 24.3 Å². The van der Waals surface area contributed by atoms with Crippen LogP contribution >= 0.6 is 7.82 Å². The van der Waals surface area contributed by atoms with Crippen molar-refractivity contribution in [3.05, 3.63) is 97.2 Å². The van der Waals surface area contributed by atoms with Crippen LogP contribution in [0.1, 0.15) is 155 Å². The van der Waals surface area contributed by atoms with E-state index < -0.39 is 13.9 Å². The van der Waals surface area contributed by atoms with Crippen LogP contribution in [0.4, 0.5) is 0 Å². The second kappa shape index (κ2) is 43.5. The van der Waals surface area contributed by atoms with Gasteiger partial charge in [-0.05, 0) is 89.9 Å². The molecular formula is C47H80NO7P. The molecule has 0 spiro atoms. The summed E-state index contributed by atoms with van der Waals surface area (Å²) >= 11 is 0. The lowest BCUT2D eigenvalue weighted by Gasteiger charge is -2.20. The van der Waals surface area contributed by atoms with Gasteiger partial charge in [-0.3, -0.25) is 13.8 Å². The predicted molar refractivity (Wildman–Crippen MR) is 238 cm³/mol. The predicted octanol–water partition coefficient (Wildman–Crippen LogP) is 13.1. The van der Waals surface area contributed by atoms with Gasteiger partial charge in [-0.2, -0.15) is 0 Å². The molecule has 0 saturated heterocycles. The number of esters is 1. The van der Waals surface area contributed by atoms with E-state index in [1.807, 2.05) is 0 Å². The van der Waals surface area contributed by atoms with Crippen LogP contribution in [0, 0.1) is 0 Å². The summed E-state index contributed by atoms with van der Waals surface area (Å²) in [6, 6.07) is 0. The Balaban J connectivity index is 4.14. The van der Waals surface area contributed by atoms with Crippen molar-refractivity contribution in [2.24, 2.45) is 5.73 Å². The number of hydrogen-bond donors (Lipinski definition) is 2. The van der Waals surface area contributed by atoms with Gasteiger partial charge in [-0.1, -0.05) is 156 Å². The highest BCUT2D eigenvalue weighted by Gasteiger charge is 2.25. The van der Waals surface area contributed by atoms with Crippen molar-refractivity contribution in [2.45, 2.75) is 161 Å². The molecule has 0 aliphatic rings. The average molecular weight is 802 g/mol. The SMILES string of the molecule is CC/C=C\C/C=C\C/C=C\C/C=C\C/C=C\CCCCCC(=O)OC(COCCCCCCCCCC/C=C\C/C=C\C/C=C\CC)COP(=O)(O)OCCN. The fraction of sp³-hybridized carbons (Fsp3) is 0.638. The van der Waals surface area contributed by atoms with Gasteiger partial charge in [0.1, 0.15) is 6.10 Å². The molecule has 8 nitrogen and oxygen atoms in total. The number of unbranched alkanes of at least 4 members (excludes halogenated alkanes) is 11. The van der Waals surface area contributed by atoms with Crippen LogP contribution < -0.4 is 5.73 Å². The molecule has 0 aromatic rings. The number of carbonyl (C=O) groups is 1. The third-order valence-electron chi connectivity index (χ3n) is 8.50. The molecule has 0 radical (unpaired) electrons. The minimum atomic E-state index is -4.30. The number of rotatable bonds is 40. The third-order valence-corrected chi connectivity index (χ3v) is 9.48. The van der Waals surface area contributed by atoms with Crippen LogP contribution in [0.5, 0.6) is 0 Å². The summed E-state index contributed by atoms with van der Waals surface area (Å²) in [7, 11) is -4.30. The van der Waals surface area contributed by atoms with Gasteiger partial charge in [-0.25, -0.2) is 4.57 Å². The lowest BCUT2D eigenvalue weighted by Crippen LogP contribution is -2.28. The molecule has 0 heterocycles. The summed E-state index contributed by atoms with van der Waals surface area (Å²) in [5.74, 6) is -0.369. The third kappa shape index (κ3) is 42.6. The van der Waals surface area contributed by atoms with E-state index in [1.165, 1.54) is 32.1 Å². The molecule has 0 rings (SSSR count). The van der Waals surface area contributed by atoms with Gasteiger partial charge in [0.25, 0.3) is 0 Å². The Hall–Kier alpha value is -2.58. The Kier molecular flexibility index (Phi) is 41.5. The van der Waals surface area contributed by atoms with Gasteiger partial charge in [0.15, 0.2) is 0 Å². The van der Waals surface area contributed by atoms with Gasteiger partial charge in [0, 0.05) is 19.6 Å². The molecule has 0 aliphatic heterocycles. The van der Waals surface area contributed by atoms with E-state index in [2.05, 4.69) is 111 Å². The molecule has 56 heavy (non-hydrogen) atoms. The number of nitrogens with two attached hydrogens (primary N) is 1. The molecule has 0 saturated carbocycles. The zero-order valence-corrected chi connectivity index (χ0v) is 36.2. The Labute approximate surface area is 342 Å². The van der Waals surface area contributed by atoms with E-state index >= 15 is 0 Å².